The molecule has 2 amide bonds. The molecule has 1 heterocycles. The minimum atomic E-state index is -0.209. The molecule has 5 nitrogen and oxygen atoms in total. The Morgan fingerprint density at radius 3 is 2.58 bits per heavy atom. The molecule has 1 saturated heterocycles. The van der Waals surface area contributed by atoms with Gasteiger partial charge >= 0.3 is 0 Å². The van der Waals surface area contributed by atoms with E-state index in [0.717, 1.165) is 29.7 Å². The number of amides is 2. The van der Waals surface area contributed by atoms with E-state index in [2.05, 4.69) is 5.32 Å². The second-order valence-electron chi connectivity index (χ2n) is 7.02. The quantitative estimate of drug-likeness (QED) is 0.833. The summed E-state index contributed by atoms with van der Waals surface area (Å²) in [6, 6.07) is 13.0. The van der Waals surface area contributed by atoms with Crippen molar-refractivity contribution in [2.45, 2.75) is 26.7 Å². The van der Waals surface area contributed by atoms with Gasteiger partial charge in [0.2, 0.25) is 5.91 Å². The van der Waals surface area contributed by atoms with Crippen LogP contribution in [-0.2, 0) is 4.79 Å². The average Bonchev–Trinajstić information content (AvgIpc) is 2.65. The lowest BCUT2D eigenvalue weighted by Crippen LogP contribution is -2.43. The van der Waals surface area contributed by atoms with Gasteiger partial charge in [-0.2, -0.15) is 0 Å². The molecule has 0 aliphatic carbocycles. The Labute approximate surface area is 154 Å². The van der Waals surface area contributed by atoms with Gasteiger partial charge in [0.25, 0.3) is 5.91 Å². The van der Waals surface area contributed by atoms with Gasteiger partial charge in [-0.25, -0.2) is 0 Å². The summed E-state index contributed by atoms with van der Waals surface area (Å²) in [5, 5.41) is 2.97. The van der Waals surface area contributed by atoms with Crippen molar-refractivity contribution >= 4 is 23.2 Å². The minimum Gasteiger partial charge on any atom is -0.399 e. The predicted molar refractivity (Wildman–Crippen MR) is 104 cm³/mol. The van der Waals surface area contributed by atoms with E-state index >= 15 is 0 Å². The van der Waals surface area contributed by atoms with E-state index in [-0.39, 0.29) is 17.7 Å². The molecule has 5 heteroatoms. The van der Waals surface area contributed by atoms with Gasteiger partial charge in [-0.05, 0) is 56.5 Å². The normalized spacial score (nSPS) is 17.0. The largest absolute Gasteiger partial charge is 0.399 e. The second kappa shape index (κ2) is 7.60. The van der Waals surface area contributed by atoms with Gasteiger partial charge in [0.05, 0.1) is 5.92 Å². The number of rotatable bonds is 3. The van der Waals surface area contributed by atoms with Crippen molar-refractivity contribution in [3.8, 4) is 0 Å². The smallest absolute Gasteiger partial charge is 0.253 e. The second-order valence-corrected chi connectivity index (χ2v) is 7.02. The molecule has 2 aromatic rings. The highest BCUT2D eigenvalue weighted by Crippen LogP contribution is 2.23. The fourth-order valence-corrected chi connectivity index (χ4v) is 3.26. The number of nitrogens with one attached hydrogen (secondary N) is 1. The molecule has 0 bridgehead atoms. The zero-order valence-electron chi connectivity index (χ0n) is 15.3. The Bertz CT molecular complexity index is 815. The molecule has 0 radical (unpaired) electrons. The van der Waals surface area contributed by atoms with E-state index in [1.165, 1.54) is 0 Å². The standard InChI is InChI=1S/C21H25N3O2/c1-14-5-8-16(9-6-14)21(26)24-11-3-4-17(13-24)20(25)23-19-12-18(22)10-7-15(19)2/h5-10,12,17H,3-4,11,13,22H2,1-2H3,(H,23,25). The summed E-state index contributed by atoms with van der Waals surface area (Å²) >= 11 is 0. The molecule has 2 aromatic carbocycles. The van der Waals surface area contributed by atoms with Crippen LogP contribution >= 0.6 is 0 Å². The highest BCUT2D eigenvalue weighted by molar-refractivity contribution is 5.96. The van der Waals surface area contributed by atoms with Crippen LogP contribution in [-0.4, -0.2) is 29.8 Å². The average molecular weight is 351 g/mol. The lowest BCUT2D eigenvalue weighted by atomic mass is 9.96. The maximum absolute atomic E-state index is 12.7. The van der Waals surface area contributed by atoms with Crippen molar-refractivity contribution < 1.29 is 9.59 Å². The number of hydrogen-bond donors (Lipinski definition) is 2. The minimum absolute atomic E-state index is 0.0114. The monoisotopic (exact) mass is 351 g/mol. The molecule has 1 fully saturated rings. The van der Waals surface area contributed by atoms with E-state index in [1.54, 1.807) is 11.0 Å². The number of nitrogens with two attached hydrogens (primary N) is 1. The van der Waals surface area contributed by atoms with Gasteiger partial charge in [-0.3, -0.25) is 9.59 Å². The summed E-state index contributed by atoms with van der Waals surface area (Å²) in [5.41, 5.74) is 9.92. The molecule has 26 heavy (non-hydrogen) atoms. The molecular formula is C21H25N3O2. The summed E-state index contributed by atoms with van der Waals surface area (Å²) in [6.45, 7) is 5.06. The fourth-order valence-electron chi connectivity index (χ4n) is 3.26. The number of anilines is 2. The number of piperidine rings is 1. The zero-order valence-corrected chi connectivity index (χ0v) is 15.3. The molecule has 1 unspecified atom stereocenters. The molecule has 1 aliphatic rings. The van der Waals surface area contributed by atoms with Crippen molar-refractivity contribution in [1.29, 1.82) is 0 Å². The number of nitrogens with zero attached hydrogens (tertiary/aromatic N) is 1. The number of nitrogen functional groups attached to an aromatic ring is 1. The maximum atomic E-state index is 12.7. The molecule has 136 valence electrons. The SMILES string of the molecule is Cc1ccc(C(=O)N2CCCC(C(=O)Nc3cc(N)ccc3C)C2)cc1. The van der Waals surface area contributed by atoms with Crippen LogP contribution in [0.1, 0.15) is 34.3 Å². The van der Waals surface area contributed by atoms with E-state index in [4.69, 9.17) is 5.73 Å². The first-order chi connectivity index (χ1) is 12.4. The third-order valence-corrected chi connectivity index (χ3v) is 4.90. The molecule has 1 atom stereocenters. The van der Waals surface area contributed by atoms with Crippen LogP contribution < -0.4 is 11.1 Å². The van der Waals surface area contributed by atoms with Crippen LogP contribution in [0.25, 0.3) is 0 Å². The van der Waals surface area contributed by atoms with Crippen LogP contribution in [0.5, 0.6) is 0 Å². The third-order valence-electron chi connectivity index (χ3n) is 4.90. The van der Waals surface area contributed by atoms with Crippen LogP contribution in [0.2, 0.25) is 0 Å². The van der Waals surface area contributed by atoms with E-state index in [1.807, 2.05) is 50.2 Å². The van der Waals surface area contributed by atoms with Gasteiger partial charge < -0.3 is 16.0 Å². The fraction of sp³-hybridized carbons (Fsp3) is 0.333. The molecule has 0 aromatic heterocycles. The van der Waals surface area contributed by atoms with Crippen molar-refractivity contribution in [2.24, 2.45) is 5.92 Å². The lowest BCUT2D eigenvalue weighted by molar-refractivity contribution is -0.121. The number of hydrogen-bond acceptors (Lipinski definition) is 3. The van der Waals surface area contributed by atoms with Crippen molar-refractivity contribution in [1.82, 2.24) is 4.90 Å². The molecule has 3 rings (SSSR count). The third kappa shape index (κ3) is 4.04. The number of likely N-dealkylation sites (tertiary alicyclic amines) is 1. The Morgan fingerprint density at radius 1 is 1.12 bits per heavy atom. The summed E-state index contributed by atoms with van der Waals surface area (Å²) in [6.07, 6.45) is 1.61. The van der Waals surface area contributed by atoms with Crippen LogP contribution in [0.4, 0.5) is 11.4 Å². The van der Waals surface area contributed by atoms with Gasteiger partial charge in [-0.1, -0.05) is 23.8 Å². The predicted octanol–water partition coefficient (Wildman–Crippen LogP) is 3.38. The molecule has 3 N–H and O–H groups in total. The first-order valence-corrected chi connectivity index (χ1v) is 8.97. The summed E-state index contributed by atoms with van der Waals surface area (Å²) < 4.78 is 0. The number of carbonyl (C=O) groups is 2. The van der Waals surface area contributed by atoms with Crippen molar-refractivity contribution in [2.75, 3.05) is 24.1 Å². The number of carbonyl (C=O) groups excluding carboxylic acids is 2. The first-order valence-electron chi connectivity index (χ1n) is 8.97. The Hall–Kier alpha value is -2.82. The highest BCUT2D eigenvalue weighted by atomic mass is 16.2. The molecule has 0 spiro atoms. The van der Waals surface area contributed by atoms with Gasteiger partial charge in [0.1, 0.15) is 0 Å². The maximum Gasteiger partial charge on any atom is 0.253 e. The Balaban J connectivity index is 1.67. The van der Waals surface area contributed by atoms with E-state index in [0.29, 0.717) is 24.3 Å². The lowest BCUT2D eigenvalue weighted by Gasteiger charge is -2.32. The Kier molecular flexibility index (Phi) is 5.26. The number of aryl methyl sites for hydroxylation is 2. The van der Waals surface area contributed by atoms with Crippen LogP contribution in [0.15, 0.2) is 42.5 Å². The topological polar surface area (TPSA) is 75.4 Å². The summed E-state index contributed by atoms with van der Waals surface area (Å²) in [7, 11) is 0. The molecule has 1 aliphatic heterocycles. The first kappa shape index (κ1) is 18.0. The number of benzene rings is 2. The molecular weight excluding hydrogens is 326 g/mol. The van der Waals surface area contributed by atoms with Gasteiger partial charge in [-0.15, -0.1) is 0 Å². The van der Waals surface area contributed by atoms with Crippen LogP contribution in [0.3, 0.4) is 0 Å². The Morgan fingerprint density at radius 2 is 1.85 bits per heavy atom. The highest BCUT2D eigenvalue weighted by Gasteiger charge is 2.29. The van der Waals surface area contributed by atoms with Crippen LogP contribution in [0, 0.1) is 19.8 Å². The van der Waals surface area contributed by atoms with Gasteiger partial charge in [0.15, 0.2) is 0 Å². The van der Waals surface area contributed by atoms with E-state index in [9.17, 15) is 9.59 Å². The summed E-state index contributed by atoms with van der Waals surface area (Å²) in [5.74, 6) is -0.276. The van der Waals surface area contributed by atoms with Crippen molar-refractivity contribution in [3.05, 3.63) is 59.2 Å². The zero-order chi connectivity index (χ0) is 18.7. The van der Waals surface area contributed by atoms with E-state index < -0.39 is 0 Å². The van der Waals surface area contributed by atoms with Gasteiger partial charge in [0, 0.05) is 30.0 Å². The van der Waals surface area contributed by atoms with Crippen molar-refractivity contribution in [3.63, 3.8) is 0 Å². The molecule has 0 saturated carbocycles. The summed E-state index contributed by atoms with van der Waals surface area (Å²) in [4.78, 5) is 27.2.